The van der Waals surface area contributed by atoms with Gasteiger partial charge in [0.2, 0.25) is 0 Å². The molecule has 2 nitrogen and oxygen atoms in total. The normalized spacial score (nSPS) is 31.0. The highest BCUT2D eigenvalue weighted by Gasteiger charge is 2.45. The van der Waals surface area contributed by atoms with Crippen LogP contribution in [0, 0.1) is 5.92 Å². The van der Waals surface area contributed by atoms with Crippen molar-refractivity contribution in [2.24, 2.45) is 5.92 Å². The van der Waals surface area contributed by atoms with Crippen LogP contribution in [0.1, 0.15) is 26.2 Å². The molecule has 1 aliphatic heterocycles. The molecular weight excluding hydrogens is 248 g/mol. The van der Waals surface area contributed by atoms with Gasteiger partial charge in [0.1, 0.15) is 0 Å². The second-order valence-corrected chi connectivity index (χ2v) is 5.41. The molecule has 0 spiro atoms. The molecule has 18 heavy (non-hydrogen) atoms. The highest BCUT2D eigenvalue weighted by Crippen LogP contribution is 2.35. The Balaban J connectivity index is 1.97. The molecule has 0 aromatic heterocycles. The Hall–Kier alpha value is -0.360. The zero-order valence-electron chi connectivity index (χ0n) is 10.5. The van der Waals surface area contributed by atoms with Crippen LogP contribution in [0.5, 0.6) is 0 Å². The van der Waals surface area contributed by atoms with Crippen molar-refractivity contribution in [1.29, 1.82) is 0 Å². The van der Waals surface area contributed by atoms with E-state index in [1.54, 1.807) is 4.90 Å². The number of halogens is 4. The molecule has 0 aromatic carbocycles. The van der Waals surface area contributed by atoms with Gasteiger partial charge < -0.3 is 5.32 Å². The maximum atomic E-state index is 13.2. The first-order valence-electron chi connectivity index (χ1n) is 6.57. The molecule has 0 amide bonds. The average molecular weight is 268 g/mol. The highest BCUT2D eigenvalue weighted by atomic mass is 19.3. The van der Waals surface area contributed by atoms with Crippen molar-refractivity contribution in [2.45, 2.75) is 50.6 Å². The van der Waals surface area contributed by atoms with Crippen molar-refractivity contribution in [3.8, 4) is 0 Å². The first-order valence-corrected chi connectivity index (χ1v) is 6.57. The molecule has 0 bridgehead atoms. The monoisotopic (exact) mass is 268 g/mol. The fraction of sp³-hybridized carbons (Fsp3) is 1.00. The zero-order chi connectivity index (χ0) is 13.3. The number of nitrogens with one attached hydrogen (secondary N) is 1. The summed E-state index contributed by atoms with van der Waals surface area (Å²) >= 11 is 0. The van der Waals surface area contributed by atoms with Gasteiger partial charge in [0, 0.05) is 25.2 Å². The zero-order valence-corrected chi connectivity index (χ0v) is 10.5. The Kier molecular flexibility index (Phi) is 4.16. The van der Waals surface area contributed by atoms with Crippen LogP contribution in [0.15, 0.2) is 0 Å². The number of rotatable bonds is 5. The Labute approximate surface area is 105 Å². The first kappa shape index (κ1) is 14.1. The number of hydrogen-bond donors (Lipinski definition) is 1. The Morgan fingerprint density at radius 2 is 2.00 bits per heavy atom. The minimum Gasteiger partial charge on any atom is -0.311 e. The molecule has 2 aliphatic rings. The summed E-state index contributed by atoms with van der Waals surface area (Å²) in [5.41, 5.74) is 0. The summed E-state index contributed by atoms with van der Waals surface area (Å²) in [6, 6.07) is 0.130. The third kappa shape index (κ3) is 3.15. The molecule has 1 heterocycles. The molecule has 1 N–H and O–H groups in total. The van der Waals surface area contributed by atoms with Crippen molar-refractivity contribution >= 4 is 0 Å². The van der Waals surface area contributed by atoms with Crippen LogP contribution in [0.2, 0.25) is 0 Å². The number of piperazine rings is 1. The Bertz CT molecular complexity index is 281. The van der Waals surface area contributed by atoms with E-state index in [1.165, 1.54) is 0 Å². The molecule has 6 heteroatoms. The van der Waals surface area contributed by atoms with Crippen LogP contribution in [-0.4, -0.2) is 49.0 Å². The average Bonchev–Trinajstić information content (AvgIpc) is 3.12. The van der Waals surface area contributed by atoms with Crippen molar-refractivity contribution in [2.75, 3.05) is 19.6 Å². The lowest BCUT2D eigenvalue weighted by atomic mass is 10.0. The second kappa shape index (κ2) is 5.33. The van der Waals surface area contributed by atoms with Gasteiger partial charge in [-0.3, -0.25) is 4.90 Å². The summed E-state index contributed by atoms with van der Waals surface area (Å²) in [5.74, 6) is -3.36. The molecule has 0 radical (unpaired) electrons. The molecule has 1 saturated carbocycles. The van der Waals surface area contributed by atoms with Crippen molar-refractivity contribution in [3.05, 3.63) is 0 Å². The number of nitrogens with zero attached hydrogens (tertiary/aromatic N) is 1. The summed E-state index contributed by atoms with van der Waals surface area (Å²) in [7, 11) is 0. The quantitative estimate of drug-likeness (QED) is 0.770. The second-order valence-electron chi connectivity index (χ2n) is 5.41. The summed E-state index contributed by atoms with van der Waals surface area (Å²) < 4.78 is 50.9. The summed E-state index contributed by atoms with van der Waals surface area (Å²) in [5, 5.41) is 3.35. The van der Waals surface area contributed by atoms with Crippen molar-refractivity contribution in [3.63, 3.8) is 0 Å². The van der Waals surface area contributed by atoms with Gasteiger partial charge in [0.05, 0.1) is 6.54 Å². The number of alkyl halides is 4. The van der Waals surface area contributed by atoms with Gasteiger partial charge in [0.25, 0.3) is 0 Å². The van der Waals surface area contributed by atoms with E-state index in [9.17, 15) is 17.6 Å². The van der Waals surface area contributed by atoms with Gasteiger partial charge in [-0.15, -0.1) is 0 Å². The third-order valence-corrected chi connectivity index (χ3v) is 3.96. The lowest BCUT2D eigenvalue weighted by molar-refractivity contribution is -0.149. The van der Waals surface area contributed by atoms with Gasteiger partial charge in [-0.1, -0.05) is 6.92 Å². The molecule has 2 fully saturated rings. The van der Waals surface area contributed by atoms with E-state index < -0.39 is 18.9 Å². The van der Waals surface area contributed by atoms with Crippen LogP contribution in [0.4, 0.5) is 17.6 Å². The van der Waals surface area contributed by atoms with Gasteiger partial charge in [-0.2, -0.15) is 8.78 Å². The molecule has 1 saturated heterocycles. The van der Waals surface area contributed by atoms with Crippen LogP contribution >= 0.6 is 0 Å². The largest absolute Gasteiger partial charge is 0.319 e. The summed E-state index contributed by atoms with van der Waals surface area (Å²) in [6.45, 7) is 2.16. The van der Waals surface area contributed by atoms with Gasteiger partial charge >= 0.3 is 12.3 Å². The maximum absolute atomic E-state index is 13.2. The van der Waals surface area contributed by atoms with E-state index in [0.717, 1.165) is 12.8 Å². The van der Waals surface area contributed by atoms with Crippen LogP contribution in [-0.2, 0) is 0 Å². The molecular formula is C12H20F4N2. The van der Waals surface area contributed by atoms with E-state index in [1.807, 2.05) is 6.92 Å². The summed E-state index contributed by atoms with van der Waals surface area (Å²) in [6.07, 6.45) is -0.644. The van der Waals surface area contributed by atoms with E-state index in [4.69, 9.17) is 0 Å². The molecule has 0 aromatic rings. The topological polar surface area (TPSA) is 15.3 Å². The Morgan fingerprint density at radius 1 is 1.33 bits per heavy atom. The van der Waals surface area contributed by atoms with E-state index in [2.05, 4.69) is 5.32 Å². The van der Waals surface area contributed by atoms with Crippen LogP contribution in [0.3, 0.4) is 0 Å². The maximum Gasteiger partial charge on any atom is 0.319 e. The Morgan fingerprint density at radius 3 is 2.50 bits per heavy atom. The minimum absolute atomic E-state index is 0.0652. The first-order chi connectivity index (χ1) is 8.44. The molecule has 1 aliphatic carbocycles. The minimum atomic E-state index is -3.90. The molecule has 106 valence electrons. The fourth-order valence-corrected chi connectivity index (χ4v) is 2.63. The predicted molar refractivity (Wildman–Crippen MR) is 61.1 cm³/mol. The van der Waals surface area contributed by atoms with Gasteiger partial charge in [-0.25, -0.2) is 8.78 Å². The highest BCUT2D eigenvalue weighted by molar-refractivity contribution is 4.95. The van der Waals surface area contributed by atoms with Crippen molar-refractivity contribution in [1.82, 2.24) is 10.2 Å². The fourth-order valence-electron chi connectivity index (χ4n) is 2.63. The molecule has 2 unspecified atom stereocenters. The van der Waals surface area contributed by atoms with Gasteiger partial charge in [-0.05, 0) is 25.2 Å². The van der Waals surface area contributed by atoms with Crippen LogP contribution < -0.4 is 5.32 Å². The third-order valence-electron chi connectivity index (χ3n) is 3.96. The van der Waals surface area contributed by atoms with Gasteiger partial charge in [0.15, 0.2) is 0 Å². The van der Waals surface area contributed by atoms with Crippen molar-refractivity contribution < 1.29 is 17.6 Å². The summed E-state index contributed by atoms with van der Waals surface area (Å²) in [4.78, 5) is 1.55. The predicted octanol–water partition coefficient (Wildman–Crippen LogP) is 2.35. The van der Waals surface area contributed by atoms with E-state index in [-0.39, 0.29) is 12.1 Å². The van der Waals surface area contributed by atoms with Crippen LogP contribution in [0.25, 0.3) is 0 Å². The SMILES string of the molecule is CCC1CNC(C2CC2)CN1CC(F)(F)C(F)F. The molecule has 2 rings (SSSR count). The standard InChI is InChI=1S/C12H20F4N2/c1-2-9-5-17-10(8-3-4-8)6-18(9)7-12(15,16)11(13)14/h8-11,17H,2-7H2,1H3. The smallest absolute Gasteiger partial charge is 0.311 e. The lowest BCUT2D eigenvalue weighted by Crippen LogP contribution is -2.60. The lowest BCUT2D eigenvalue weighted by Gasteiger charge is -2.41. The van der Waals surface area contributed by atoms with E-state index >= 15 is 0 Å². The molecule has 2 atom stereocenters. The number of hydrogen-bond acceptors (Lipinski definition) is 2. The van der Waals surface area contributed by atoms with E-state index in [0.29, 0.717) is 25.4 Å².